The number of aryl methyl sites for hydroxylation is 1. The van der Waals surface area contributed by atoms with Crippen molar-refractivity contribution in [2.75, 3.05) is 0 Å². The van der Waals surface area contributed by atoms with Crippen LogP contribution in [0, 0.1) is 18.6 Å². The Morgan fingerprint density at radius 1 is 1.40 bits per heavy atom. The van der Waals surface area contributed by atoms with E-state index in [1.54, 1.807) is 6.92 Å². The van der Waals surface area contributed by atoms with Crippen LogP contribution in [0.4, 0.5) is 8.78 Å². The Hall–Kier alpha value is -1.07. The summed E-state index contributed by atoms with van der Waals surface area (Å²) in [6.45, 7) is 2.12. The fraction of sp³-hybridized carbons (Fsp3) is 0.200. The number of halogens is 2. The lowest BCUT2D eigenvalue weighted by molar-refractivity contribution is 0.510. The summed E-state index contributed by atoms with van der Waals surface area (Å²) in [4.78, 5) is 0. The Kier molecular flexibility index (Phi) is 2.67. The molecule has 2 nitrogen and oxygen atoms in total. The largest absolute Gasteiger partial charge is 0.456 e. The van der Waals surface area contributed by atoms with Gasteiger partial charge in [0.05, 0.1) is 6.54 Å². The van der Waals surface area contributed by atoms with Gasteiger partial charge in [0.1, 0.15) is 11.6 Å². The summed E-state index contributed by atoms with van der Waals surface area (Å²) >= 11 is 3.83. The van der Waals surface area contributed by atoms with E-state index in [0.29, 0.717) is 17.7 Å². The molecule has 0 radical (unpaired) electrons. The van der Waals surface area contributed by atoms with E-state index >= 15 is 0 Å². The molecule has 1 N–H and O–H groups in total. The second kappa shape index (κ2) is 3.83. The number of thiol groups is 1. The quantitative estimate of drug-likeness (QED) is 0.774. The molecule has 0 aliphatic heterocycles. The standard InChI is InChI=1S/C10H9F2NOS/c1-5-7-2-6(11)3-8(12)10(7)14-9(5)4-13-15/h2-3,13,15H,4H2,1H3. The van der Waals surface area contributed by atoms with E-state index in [0.717, 1.165) is 11.6 Å². The first kappa shape index (κ1) is 10.4. The van der Waals surface area contributed by atoms with Gasteiger partial charge in [0.25, 0.3) is 0 Å². The molecule has 0 atom stereocenters. The van der Waals surface area contributed by atoms with Gasteiger partial charge in [-0.05, 0) is 18.6 Å². The molecule has 15 heavy (non-hydrogen) atoms. The van der Waals surface area contributed by atoms with Gasteiger partial charge >= 0.3 is 0 Å². The van der Waals surface area contributed by atoms with Crippen molar-refractivity contribution < 1.29 is 13.2 Å². The topological polar surface area (TPSA) is 25.2 Å². The molecule has 1 aromatic carbocycles. The van der Waals surface area contributed by atoms with E-state index < -0.39 is 11.6 Å². The first-order chi connectivity index (χ1) is 7.13. The van der Waals surface area contributed by atoms with Crippen molar-refractivity contribution in [3.63, 3.8) is 0 Å². The summed E-state index contributed by atoms with van der Waals surface area (Å²) in [5.41, 5.74) is 0.817. The lowest BCUT2D eigenvalue weighted by atomic mass is 10.1. The molecule has 0 spiro atoms. The molecule has 0 saturated heterocycles. The molecule has 0 bridgehead atoms. The molecule has 2 rings (SSSR count). The summed E-state index contributed by atoms with van der Waals surface area (Å²) in [6.07, 6.45) is 0. The van der Waals surface area contributed by atoms with Gasteiger partial charge in [0.2, 0.25) is 0 Å². The van der Waals surface area contributed by atoms with Crippen LogP contribution in [0.25, 0.3) is 11.0 Å². The summed E-state index contributed by atoms with van der Waals surface area (Å²) in [5, 5.41) is 0.464. The normalized spacial score (nSPS) is 11.2. The molecule has 0 amide bonds. The molecule has 5 heteroatoms. The zero-order chi connectivity index (χ0) is 11.0. The van der Waals surface area contributed by atoms with Crippen LogP contribution in [0.1, 0.15) is 11.3 Å². The van der Waals surface area contributed by atoms with E-state index in [9.17, 15) is 8.78 Å². The van der Waals surface area contributed by atoms with Crippen molar-refractivity contribution in [2.24, 2.45) is 0 Å². The Morgan fingerprint density at radius 3 is 2.80 bits per heavy atom. The van der Waals surface area contributed by atoms with E-state index in [4.69, 9.17) is 4.42 Å². The van der Waals surface area contributed by atoms with Crippen molar-refractivity contribution in [3.8, 4) is 0 Å². The Bertz CT molecular complexity index is 510. The van der Waals surface area contributed by atoms with Gasteiger partial charge in [-0.2, -0.15) is 0 Å². The van der Waals surface area contributed by atoms with E-state index in [2.05, 4.69) is 17.5 Å². The highest BCUT2D eigenvalue weighted by molar-refractivity contribution is 7.78. The molecule has 80 valence electrons. The lowest BCUT2D eigenvalue weighted by Crippen LogP contribution is -1.97. The smallest absolute Gasteiger partial charge is 0.170 e. The minimum Gasteiger partial charge on any atom is -0.456 e. The first-order valence-electron chi connectivity index (χ1n) is 4.37. The Balaban J connectivity index is 2.70. The fourth-order valence-electron chi connectivity index (χ4n) is 1.53. The number of hydrogen-bond acceptors (Lipinski definition) is 3. The van der Waals surface area contributed by atoms with E-state index in [-0.39, 0.29) is 5.58 Å². The van der Waals surface area contributed by atoms with Crippen molar-refractivity contribution in [2.45, 2.75) is 13.5 Å². The zero-order valence-corrected chi connectivity index (χ0v) is 8.87. The number of fused-ring (bicyclic) bond motifs is 1. The third-order valence-corrected chi connectivity index (χ3v) is 2.45. The maximum Gasteiger partial charge on any atom is 0.170 e. The highest BCUT2D eigenvalue weighted by atomic mass is 32.1. The number of hydrogen-bond donors (Lipinski definition) is 2. The summed E-state index contributed by atoms with van der Waals surface area (Å²) in [6, 6.07) is 2.07. The molecule has 0 unspecified atom stereocenters. The Morgan fingerprint density at radius 2 is 2.13 bits per heavy atom. The number of furan rings is 1. The molecule has 0 fully saturated rings. The van der Waals surface area contributed by atoms with Gasteiger partial charge in [0.15, 0.2) is 11.4 Å². The second-order valence-electron chi connectivity index (χ2n) is 3.25. The molecule has 0 saturated carbocycles. The van der Waals surface area contributed by atoms with E-state index in [1.165, 1.54) is 6.07 Å². The second-order valence-corrected chi connectivity index (χ2v) is 3.57. The molecule has 1 heterocycles. The molecular weight excluding hydrogens is 220 g/mol. The van der Waals surface area contributed by atoms with Gasteiger partial charge < -0.3 is 4.42 Å². The SMILES string of the molecule is Cc1c(CNS)oc2c(F)cc(F)cc12. The van der Waals surface area contributed by atoms with Crippen molar-refractivity contribution >= 4 is 23.8 Å². The zero-order valence-electron chi connectivity index (χ0n) is 7.97. The van der Waals surface area contributed by atoms with Crippen molar-refractivity contribution in [1.82, 2.24) is 4.72 Å². The maximum absolute atomic E-state index is 13.3. The summed E-state index contributed by atoms with van der Waals surface area (Å²) in [7, 11) is 0. The summed E-state index contributed by atoms with van der Waals surface area (Å²) < 4.78 is 34.1. The number of rotatable bonds is 2. The molecule has 0 aliphatic carbocycles. The summed E-state index contributed by atoms with van der Waals surface area (Å²) in [5.74, 6) is -0.725. The third kappa shape index (κ3) is 1.72. The molecule has 2 aromatic rings. The minimum atomic E-state index is -0.682. The van der Waals surface area contributed by atoms with Gasteiger partial charge in [-0.1, -0.05) is 12.8 Å². The van der Waals surface area contributed by atoms with Crippen LogP contribution in [0.15, 0.2) is 16.5 Å². The van der Waals surface area contributed by atoms with Gasteiger partial charge in [0, 0.05) is 11.5 Å². The van der Waals surface area contributed by atoms with Crippen molar-refractivity contribution in [1.29, 1.82) is 0 Å². The predicted molar refractivity (Wildman–Crippen MR) is 56.7 cm³/mol. The highest BCUT2D eigenvalue weighted by Crippen LogP contribution is 2.28. The van der Waals surface area contributed by atoms with Gasteiger partial charge in [-0.25, -0.2) is 8.78 Å². The molecular formula is C10H9F2NOS. The van der Waals surface area contributed by atoms with Crippen LogP contribution in [0.5, 0.6) is 0 Å². The average molecular weight is 229 g/mol. The minimum absolute atomic E-state index is 0.0903. The van der Waals surface area contributed by atoms with Crippen LogP contribution in [0.3, 0.4) is 0 Å². The molecule has 0 aliphatic rings. The maximum atomic E-state index is 13.3. The average Bonchev–Trinajstić information content (AvgIpc) is 2.47. The van der Waals surface area contributed by atoms with Crippen LogP contribution in [0.2, 0.25) is 0 Å². The van der Waals surface area contributed by atoms with E-state index in [1.807, 2.05) is 0 Å². The number of nitrogens with one attached hydrogen (secondary N) is 1. The Labute approximate surface area is 90.8 Å². The number of benzene rings is 1. The lowest BCUT2D eigenvalue weighted by Gasteiger charge is -1.93. The monoisotopic (exact) mass is 229 g/mol. The van der Waals surface area contributed by atoms with Gasteiger partial charge in [-0.15, -0.1) is 0 Å². The molecule has 1 aromatic heterocycles. The first-order valence-corrected chi connectivity index (χ1v) is 4.82. The predicted octanol–water partition coefficient (Wildman–Crippen LogP) is 2.95. The highest BCUT2D eigenvalue weighted by Gasteiger charge is 2.14. The van der Waals surface area contributed by atoms with Crippen LogP contribution < -0.4 is 4.72 Å². The van der Waals surface area contributed by atoms with Gasteiger partial charge in [-0.3, -0.25) is 4.72 Å². The van der Waals surface area contributed by atoms with Crippen LogP contribution in [-0.4, -0.2) is 0 Å². The van der Waals surface area contributed by atoms with Crippen LogP contribution in [-0.2, 0) is 6.54 Å². The van der Waals surface area contributed by atoms with Crippen molar-refractivity contribution in [3.05, 3.63) is 35.1 Å². The fourth-order valence-corrected chi connectivity index (χ4v) is 1.68. The van der Waals surface area contributed by atoms with Crippen LogP contribution >= 0.6 is 12.8 Å². The third-order valence-electron chi connectivity index (χ3n) is 2.30.